The summed E-state index contributed by atoms with van der Waals surface area (Å²) in [6.45, 7) is 6.22. The van der Waals surface area contributed by atoms with Crippen LogP contribution in [0.3, 0.4) is 0 Å². The smallest absolute Gasteiger partial charge is 0.224 e. The van der Waals surface area contributed by atoms with E-state index in [-0.39, 0.29) is 11.9 Å². The molecule has 1 saturated heterocycles. The van der Waals surface area contributed by atoms with Crippen molar-refractivity contribution in [3.8, 4) is 0 Å². The Balaban J connectivity index is 1.51. The fourth-order valence-electron chi connectivity index (χ4n) is 3.28. The van der Waals surface area contributed by atoms with E-state index in [2.05, 4.69) is 27.3 Å². The largest absolute Gasteiger partial charge is 0.390 e. The number of aliphatic hydroxyl groups is 1. The number of hydrogen-bond acceptors (Lipinski definition) is 5. The van der Waals surface area contributed by atoms with Gasteiger partial charge in [-0.05, 0) is 31.4 Å². The summed E-state index contributed by atoms with van der Waals surface area (Å²) in [5.74, 6) is -0.0225. The molecule has 0 bridgehead atoms. The highest BCUT2D eigenvalue weighted by molar-refractivity contribution is 7.07. The van der Waals surface area contributed by atoms with E-state index in [9.17, 15) is 9.90 Å². The number of piperidine rings is 1. The fourth-order valence-corrected chi connectivity index (χ4v) is 3.82. The third-order valence-electron chi connectivity index (χ3n) is 4.74. The number of hydrogen-bond donors (Lipinski definition) is 2. The molecule has 1 aromatic carbocycles. The van der Waals surface area contributed by atoms with Gasteiger partial charge in [-0.2, -0.15) is 0 Å². The lowest BCUT2D eigenvalue weighted by atomic mass is 9.99. The summed E-state index contributed by atoms with van der Waals surface area (Å²) in [4.78, 5) is 18.9. The minimum atomic E-state index is -0.546. The summed E-state index contributed by atoms with van der Waals surface area (Å²) in [6.07, 6.45) is 0.568. The zero-order valence-corrected chi connectivity index (χ0v) is 15.6. The lowest BCUT2D eigenvalue weighted by Crippen LogP contribution is -2.54. The van der Waals surface area contributed by atoms with Gasteiger partial charge in [-0.1, -0.05) is 23.8 Å². The van der Waals surface area contributed by atoms with E-state index in [0.29, 0.717) is 13.0 Å². The lowest BCUT2D eigenvalue weighted by molar-refractivity contribution is -0.122. The second kappa shape index (κ2) is 8.08. The molecule has 25 heavy (non-hydrogen) atoms. The molecular weight excluding hydrogens is 334 g/mol. The maximum atomic E-state index is 12.4. The predicted octanol–water partition coefficient (Wildman–Crippen LogP) is 2.05. The Morgan fingerprint density at radius 2 is 2.28 bits per heavy atom. The molecule has 1 aliphatic rings. The second-order valence-corrected chi connectivity index (χ2v) is 7.57. The Hall–Kier alpha value is -1.76. The molecular formula is C19H25N3O2S. The van der Waals surface area contributed by atoms with E-state index in [1.807, 2.05) is 30.8 Å². The van der Waals surface area contributed by atoms with Gasteiger partial charge in [0.2, 0.25) is 5.91 Å². The van der Waals surface area contributed by atoms with Gasteiger partial charge in [-0.15, -0.1) is 11.3 Å². The number of likely N-dealkylation sites (tertiary alicyclic amines) is 1. The number of benzene rings is 1. The van der Waals surface area contributed by atoms with Crippen LogP contribution in [0.4, 0.5) is 0 Å². The minimum Gasteiger partial charge on any atom is -0.390 e. The first kappa shape index (κ1) is 18.0. The van der Waals surface area contributed by atoms with Crippen molar-refractivity contribution in [2.24, 2.45) is 0 Å². The van der Waals surface area contributed by atoms with Crippen molar-refractivity contribution in [2.75, 3.05) is 13.1 Å². The van der Waals surface area contributed by atoms with Crippen molar-refractivity contribution in [3.05, 3.63) is 51.5 Å². The molecule has 1 aromatic heterocycles. The summed E-state index contributed by atoms with van der Waals surface area (Å²) in [5.41, 5.74) is 6.19. The highest BCUT2D eigenvalue weighted by Crippen LogP contribution is 2.16. The monoisotopic (exact) mass is 359 g/mol. The summed E-state index contributed by atoms with van der Waals surface area (Å²) >= 11 is 1.58. The van der Waals surface area contributed by atoms with Crippen molar-refractivity contribution in [2.45, 2.75) is 45.4 Å². The van der Waals surface area contributed by atoms with Gasteiger partial charge < -0.3 is 10.4 Å². The average Bonchev–Trinajstić information content (AvgIpc) is 3.06. The normalized spacial score (nSPS) is 21.2. The fraction of sp³-hybridized carbons (Fsp3) is 0.474. The van der Waals surface area contributed by atoms with Gasteiger partial charge in [0.05, 0.1) is 29.8 Å². The zero-order chi connectivity index (χ0) is 17.8. The van der Waals surface area contributed by atoms with Crippen molar-refractivity contribution < 1.29 is 9.90 Å². The van der Waals surface area contributed by atoms with Crippen molar-refractivity contribution in [1.29, 1.82) is 0 Å². The minimum absolute atomic E-state index is 0.0225. The molecule has 2 aromatic rings. The van der Waals surface area contributed by atoms with Gasteiger partial charge in [-0.25, -0.2) is 4.98 Å². The SMILES string of the molecule is Cc1ccc(C)c(CC(=O)N[C@@H]2CCN(Cc3cscn3)C[C@H]2O)c1. The predicted molar refractivity (Wildman–Crippen MR) is 99.6 cm³/mol. The van der Waals surface area contributed by atoms with Crippen molar-refractivity contribution >= 4 is 17.2 Å². The van der Waals surface area contributed by atoms with Crippen LogP contribution in [0.25, 0.3) is 0 Å². The summed E-state index contributed by atoms with van der Waals surface area (Å²) in [7, 11) is 0. The Kier molecular flexibility index (Phi) is 5.83. The van der Waals surface area contributed by atoms with Gasteiger partial charge >= 0.3 is 0 Å². The van der Waals surface area contributed by atoms with Crippen LogP contribution in [-0.2, 0) is 17.8 Å². The Labute approximate surface area is 152 Å². The zero-order valence-electron chi connectivity index (χ0n) is 14.7. The lowest BCUT2D eigenvalue weighted by Gasteiger charge is -2.36. The Morgan fingerprint density at radius 3 is 3.00 bits per heavy atom. The molecule has 134 valence electrons. The molecule has 6 heteroatoms. The average molecular weight is 359 g/mol. The summed E-state index contributed by atoms with van der Waals surface area (Å²) in [5, 5.41) is 15.5. The number of β-amino-alcohol motifs (C(OH)–C–C–N with tert-alkyl or cyclic N) is 1. The number of amides is 1. The number of rotatable bonds is 5. The quantitative estimate of drug-likeness (QED) is 0.858. The standard InChI is InChI=1S/C19H25N3O2S/c1-13-3-4-14(2)15(7-13)8-19(24)21-17-5-6-22(10-18(17)23)9-16-11-25-12-20-16/h3-4,7,11-12,17-18,23H,5-6,8-10H2,1-2H3,(H,21,24)/t17-,18-/m1/s1. The maximum Gasteiger partial charge on any atom is 0.224 e. The molecule has 0 radical (unpaired) electrons. The van der Waals surface area contributed by atoms with Gasteiger partial charge in [0.1, 0.15) is 0 Å². The van der Waals surface area contributed by atoms with Crippen LogP contribution in [0.2, 0.25) is 0 Å². The summed E-state index contributed by atoms with van der Waals surface area (Å²) in [6, 6.07) is 5.98. The van der Waals surface area contributed by atoms with E-state index in [4.69, 9.17) is 0 Å². The molecule has 1 aliphatic heterocycles. The molecule has 3 rings (SSSR count). The van der Waals surface area contributed by atoms with Gasteiger partial charge in [0.15, 0.2) is 0 Å². The molecule has 2 atom stereocenters. The molecule has 2 heterocycles. The molecule has 0 spiro atoms. The van der Waals surface area contributed by atoms with E-state index in [1.54, 1.807) is 11.3 Å². The van der Waals surface area contributed by atoms with Crippen LogP contribution >= 0.6 is 11.3 Å². The van der Waals surface area contributed by atoms with Crippen LogP contribution in [-0.4, -0.2) is 46.1 Å². The van der Waals surface area contributed by atoms with Crippen molar-refractivity contribution in [3.63, 3.8) is 0 Å². The Bertz CT molecular complexity index is 717. The van der Waals surface area contributed by atoms with E-state index < -0.39 is 6.10 Å². The molecule has 0 aliphatic carbocycles. The highest BCUT2D eigenvalue weighted by atomic mass is 32.1. The third kappa shape index (κ3) is 4.87. The number of carbonyl (C=O) groups excluding carboxylic acids is 1. The van der Waals surface area contributed by atoms with E-state index >= 15 is 0 Å². The topological polar surface area (TPSA) is 65.5 Å². The van der Waals surface area contributed by atoms with E-state index in [1.165, 1.54) is 0 Å². The molecule has 2 N–H and O–H groups in total. The molecule has 1 amide bonds. The van der Waals surface area contributed by atoms with Gasteiger partial charge in [0, 0.05) is 25.0 Å². The first-order chi connectivity index (χ1) is 12.0. The number of thiazole rings is 1. The molecule has 0 unspecified atom stereocenters. The van der Waals surface area contributed by atoms with Gasteiger partial charge in [-0.3, -0.25) is 9.69 Å². The molecule has 5 nitrogen and oxygen atoms in total. The maximum absolute atomic E-state index is 12.4. The third-order valence-corrected chi connectivity index (χ3v) is 5.37. The number of aryl methyl sites for hydroxylation is 2. The first-order valence-corrected chi connectivity index (χ1v) is 9.58. The number of nitrogens with one attached hydrogen (secondary N) is 1. The number of aromatic nitrogens is 1. The first-order valence-electron chi connectivity index (χ1n) is 8.64. The molecule has 1 fully saturated rings. The number of carbonyl (C=O) groups is 1. The van der Waals surface area contributed by atoms with Crippen LogP contribution in [0.5, 0.6) is 0 Å². The number of nitrogens with zero attached hydrogens (tertiary/aromatic N) is 2. The summed E-state index contributed by atoms with van der Waals surface area (Å²) < 4.78 is 0. The van der Waals surface area contributed by atoms with Gasteiger partial charge in [0.25, 0.3) is 0 Å². The van der Waals surface area contributed by atoms with Crippen LogP contribution in [0.1, 0.15) is 28.8 Å². The van der Waals surface area contributed by atoms with Crippen LogP contribution in [0, 0.1) is 13.8 Å². The second-order valence-electron chi connectivity index (χ2n) is 6.85. The number of aliphatic hydroxyl groups excluding tert-OH is 1. The van der Waals surface area contributed by atoms with Crippen molar-refractivity contribution in [1.82, 2.24) is 15.2 Å². The Morgan fingerprint density at radius 1 is 1.44 bits per heavy atom. The molecule has 0 saturated carbocycles. The van der Waals surface area contributed by atoms with Crippen LogP contribution in [0.15, 0.2) is 29.1 Å². The van der Waals surface area contributed by atoms with Crippen LogP contribution < -0.4 is 5.32 Å². The van der Waals surface area contributed by atoms with E-state index in [0.717, 1.165) is 41.9 Å². The highest BCUT2D eigenvalue weighted by Gasteiger charge is 2.29.